The van der Waals surface area contributed by atoms with E-state index in [1.165, 1.54) is 54.7 Å². The average molecular weight is 612 g/mol. The highest BCUT2D eigenvalue weighted by molar-refractivity contribution is 6.31. The predicted molar refractivity (Wildman–Crippen MR) is 148 cm³/mol. The first-order valence-corrected chi connectivity index (χ1v) is 12.5. The SMILES string of the molecule is Nc1nonc1-n1nnc(C(=O)N/N=C/c2cc(Cl)ccc2OCc2c(F)cccc2Cl)c1-c1cccc([N+](=O)[O-])c1. The number of nitrogen functional groups attached to an aromatic ring is 1. The molecule has 0 aliphatic carbocycles. The minimum Gasteiger partial charge on any atom is -0.488 e. The van der Waals surface area contributed by atoms with E-state index in [4.69, 9.17) is 33.7 Å². The number of ether oxygens (including phenoxy) is 1. The zero-order valence-corrected chi connectivity index (χ0v) is 22.5. The van der Waals surface area contributed by atoms with E-state index in [0.717, 1.165) is 4.68 Å². The zero-order chi connectivity index (χ0) is 29.8. The molecule has 42 heavy (non-hydrogen) atoms. The number of nitro groups is 1. The molecular formula is C25H16Cl2FN9O5. The smallest absolute Gasteiger partial charge is 0.294 e. The maximum atomic E-state index is 14.2. The quantitative estimate of drug-likeness (QED) is 0.135. The number of carbonyl (C=O) groups is 1. The summed E-state index contributed by atoms with van der Waals surface area (Å²) >= 11 is 12.2. The van der Waals surface area contributed by atoms with Gasteiger partial charge in [0.25, 0.3) is 11.6 Å². The summed E-state index contributed by atoms with van der Waals surface area (Å²) < 4.78 is 25.6. The van der Waals surface area contributed by atoms with Gasteiger partial charge in [-0.15, -0.1) is 5.10 Å². The van der Waals surface area contributed by atoms with Crippen molar-refractivity contribution in [2.45, 2.75) is 6.61 Å². The number of rotatable bonds is 9. The Morgan fingerprint density at radius 2 is 2.00 bits per heavy atom. The molecule has 0 spiro atoms. The third-order valence-electron chi connectivity index (χ3n) is 5.69. The van der Waals surface area contributed by atoms with Gasteiger partial charge in [-0.25, -0.2) is 14.4 Å². The maximum Gasteiger partial charge on any atom is 0.294 e. The summed E-state index contributed by atoms with van der Waals surface area (Å²) in [4.78, 5) is 23.9. The van der Waals surface area contributed by atoms with Gasteiger partial charge in [0.2, 0.25) is 11.6 Å². The molecule has 0 bridgehead atoms. The van der Waals surface area contributed by atoms with Crippen LogP contribution in [0.3, 0.4) is 0 Å². The number of halogens is 3. The van der Waals surface area contributed by atoms with Gasteiger partial charge in [0.1, 0.15) is 23.9 Å². The lowest BCUT2D eigenvalue weighted by Crippen LogP contribution is -2.19. The van der Waals surface area contributed by atoms with Gasteiger partial charge in [-0.05, 0) is 40.6 Å². The van der Waals surface area contributed by atoms with Crippen molar-refractivity contribution in [3.05, 3.63) is 103 Å². The molecule has 5 aromatic rings. The second-order valence-electron chi connectivity index (χ2n) is 8.35. The summed E-state index contributed by atoms with van der Waals surface area (Å²) in [6.45, 7) is -0.184. The van der Waals surface area contributed by atoms with Gasteiger partial charge >= 0.3 is 0 Å². The number of aromatic nitrogens is 5. The average Bonchev–Trinajstić information content (AvgIpc) is 3.59. The third-order valence-corrected chi connectivity index (χ3v) is 6.28. The summed E-state index contributed by atoms with van der Waals surface area (Å²) in [5, 5.41) is 30.8. The first-order valence-electron chi connectivity index (χ1n) is 11.7. The van der Waals surface area contributed by atoms with Gasteiger partial charge in [-0.2, -0.15) is 9.78 Å². The zero-order valence-electron chi connectivity index (χ0n) is 20.9. The molecular weight excluding hydrogens is 596 g/mol. The summed E-state index contributed by atoms with van der Waals surface area (Å²) in [6.07, 6.45) is 1.25. The first kappa shape index (κ1) is 28.1. The molecule has 5 rings (SSSR count). The van der Waals surface area contributed by atoms with Crippen LogP contribution in [0.15, 0.2) is 70.4 Å². The number of carbonyl (C=O) groups excluding carboxylic acids is 1. The number of hydrogen-bond donors (Lipinski definition) is 2. The van der Waals surface area contributed by atoms with Gasteiger partial charge in [0, 0.05) is 33.8 Å². The van der Waals surface area contributed by atoms with Crippen molar-refractivity contribution in [3.8, 4) is 22.8 Å². The number of nitrogens with one attached hydrogen (secondary N) is 1. The van der Waals surface area contributed by atoms with Crippen molar-refractivity contribution in [2.75, 3.05) is 5.73 Å². The number of non-ortho nitro benzene ring substituents is 1. The van der Waals surface area contributed by atoms with E-state index in [0.29, 0.717) is 10.6 Å². The fraction of sp³-hybridized carbons (Fsp3) is 0.0400. The molecule has 2 aromatic heterocycles. The molecule has 0 atom stereocenters. The van der Waals surface area contributed by atoms with E-state index in [9.17, 15) is 19.3 Å². The fourth-order valence-electron chi connectivity index (χ4n) is 3.73. The Hall–Kier alpha value is -5.41. The van der Waals surface area contributed by atoms with Crippen molar-refractivity contribution in [1.29, 1.82) is 0 Å². The summed E-state index contributed by atoms with van der Waals surface area (Å²) in [6, 6.07) is 14.3. The number of anilines is 1. The van der Waals surface area contributed by atoms with Crippen LogP contribution in [0, 0.1) is 15.9 Å². The highest BCUT2D eigenvalue weighted by atomic mass is 35.5. The highest BCUT2D eigenvalue weighted by Gasteiger charge is 2.26. The lowest BCUT2D eigenvalue weighted by Gasteiger charge is -2.11. The second kappa shape index (κ2) is 12.0. The van der Waals surface area contributed by atoms with Gasteiger partial charge in [-0.3, -0.25) is 14.9 Å². The summed E-state index contributed by atoms with van der Waals surface area (Å²) in [5.41, 5.74) is 8.29. The molecule has 0 fully saturated rings. The number of nitrogens with zero attached hydrogens (tertiary/aromatic N) is 7. The Kier molecular flexibility index (Phi) is 8.03. The van der Waals surface area contributed by atoms with E-state index in [-0.39, 0.29) is 57.2 Å². The lowest BCUT2D eigenvalue weighted by atomic mass is 10.1. The molecule has 0 unspecified atom stereocenters. The predicted octanol–water partition coefficient (Wildman–Crippen LogP) is 4.60. The Morgan fingerprint density at radius 1 is 1.19 bits per heavy atom. The van der Waals surface area contributed by atoms with Crippen LogP contribution in [0.4, 0.5) is 15.9 Å². The van der Waals surface area contributed by atoms with Crippen molar-refractivity contribution >= 4 is 46.8 Å². The van der Waals surface area contributed by atoms with Crippen LogP contribution in [0.5, 0.6) is 5.75 Å². The number of benzene rings is 3. The van der Waals surface area contributed by atoms with Gasteiger partial charge in [-0.1, -0.05) is 46.6 Å². The molecule has 3 aromatic carbocycles. The molecule has 14 nitrogen and oxygen atoms in total. The van der Waals surface area contributed by atoms with Crippen LogP contribution < -0.4 is 15.9 Å². The van der Waals surface area contributed by atoms with Crippen LogP contribution in [0.25, 0.3) is 17.1 Å². The molecule has 0 radical (unpaired) electrons. The van der Waals surface area contributed by atoms with E-state index in [2.05, 4.69) is 35.8 Å². The Bertz CT molecular complexity index is 1820. The molecule has 17 heteroatoms. The van der Waals surface area contributed by atoms with E-state index < -0.39 is 16.6 Å². The number of nitrogens with two attached hydrogens (primary N) is 1. The minimum absolute atomic E-state index is 0.00217. The second-order valence-corrected chi connectivity index (χ2v) is 9.19. The van der Waals surface area contributed by atoms with E-state index in [1.807, 2.05) is 0 Å². The topological polar surface area (TPSA) is 189 Å². The Labute approximate surface area is 244 Å². The first-order chi connectivity index (χ1) is 20.2. The Balaban J connectivity index is 1.42. The summed E-state index contributed by atoms with van der Waals surface area (Å²) in [7, 11) is 0. The number of hydrazone groups is 1. The molecule has 2 heterocycles. The Morgan fingerprint density at radius 3 is 2.74 bits per heavy atom. The van der Waals surface area contributed by atoms with Crippen LogP contribution in [-0.2, 0) is 6.61 Å². The minimum atomic E-state index is -0.836. The van der Waals surface area contributed by atoms with Crippen LogP contribution >= 0.6 is 23.2 Å². The van der Waals surface area contributed by atoms with Crippen LogP contribution in [-0.4, -0.2) is 42.4 Å². The van der Waals surface area contributed by atoms with Crippen molar-refractivity contribution in [3.63, 3.8) is 0 Å². The molecule has 212 valence electrons. The number of amides is 1. The highest BCUT2D eigenvalue weighted by Crippen LogP contribution is 2.29. The third kappa shape index (κ3) is 5.86. The normalized spacial score (nSPS) is 11.1. The molecule has 0 aliphatic heterocycles. The summed E-state index contributed by atoms with van der Waals surface area (Å²) in [5.74, 6) is -1.36. The molecule has 3 N–H and O–H groups in total. The van der Waals surface area contributed by atoms with E-state index in [1.54, 1.807) is 12.1 Å². The van der Waals surface area contributed by atoms with Crippen molar-refractivity contribution < 1.29 is 23.5 Å². The number of hydrogen-bond acceptors (Lipinski definition) is 11. The molecule has 1 amide bonds. The van der Waals surface area contributed by atoms with Crippen LogP contribution in [0.2, 0.25) is 10.0 Å². The largest absolute Gasteiger partial charge is 0.488 e. The van der Waals surface area contributed by atoms with Crippen molar-refractivity contribution in [1.82, 2.24) is 30.7 Å². The monoisotopic (exact) mass is 611 g/mol. The van der Waals surface area contributed by atoms with Gasteiger partial charge in [0.15, 0.2) is 5.69 Å². The van der Waals surface area contributed by atoms with Crippen LogP contribution in [0.1, 0.15) is 21.6 Å². The maximum absolute atomic E-state index is 14.2. The van der Waals surface area contributed by atoms with Crippen molar-refractivity contribution in [2.24, 2.45) is 5.10 Å². The van der Waals surface area contributed by atoms with Gasteiger partial charge in [0.05, 0.1) is 16.2 Å². The fourth-order valence-corrected chi connectivity index (χ4v) is 4.13. The lowest BCUT2D eigenvalue weighted by molar-refractivity contribution is -0.384. The molecule has 0 saturated heterocycles. The standard InChI is InChI=1S/C25H16Cl2FN9O5/c26-15-7-8-20(41-12-17-18(27)5-2-6-19(17)28)14(9-15)11-30-32-25(38)21-22(13-3-1-4-16(10-13)37(39)40)36(35-31-21)24-23(29)33-42-34-24/h1-11H,12H2,(H2,29,33)(H,32,38)/b30-11+. The van der Waals surface area contributed by atoms with Gasteiger partial charge < -0.3 is 10.5 Å². The number of nitro benzene ring substituents is 1. The van der Waals surface area contributed by atoms with E-state index >= 15 is 0 Å². The molecule has 0 aliphatic rings. The molecule has 0 saturated carbocycles.